The average molecular weight is 741 g/mol. The number of rotatable bonds is 16. The highest BCUT2D eigenvalue weighted by molar-refractivity contribution is 7.89. The van der Waals surface area contributed by atoms with E-state index in [1.165, 1.54) is 42.7 Å². The molecule has 0 saturated heterocycles. The van der Waals surface area contributed by atoms with Crippen LogP contribution in [0, 0.1) is 5.92 Å². The summed E-state index contributed by atoms with van der Waals surface area (Å²) in [5, 5.41) is 23.2. The van der Waals surface area contributed by atoms with Crippen LogP contribution in [0.4, 0.5) is 13.6 Å². The number of methoxy groups -OCH3 is 1. The quantitative estimate of drug-likeness (QED) is 0.118. The van der Waals surface area contributed by atoms with Gasteiger partial charge in [-0.2, -0.15) is 4.31 Å². The number of hydrogen-bond donors (Lipinski definition) is 3. The van der Waals surface area contributed by atoms with Crippen LogP contribution in [0.3, 0.4) is 0 Å². The summed E-state index contributed by atoms with van der Waals surface area (Å²) in [4.78, 5) is 27.6. The second-order valence-electron chi connectivity index (χ2n) is 12.8. The number of sulfonamides is 1. The van der Waals surface area contributed by atoms with Gasteiger partial charge in [-0.15, -0.1) is 11.3 Å². The Morgan fingerprint density at radius 3 is 2.04 bits per heavy atom. The number of nitrogens with one attached hydrogen (secondary N) is 1. The summed E-state index contributed by atoms with van der Waals surface area (Å²) < 4.78 is 61.6. The van der Waals surface area contributed by atoms with Crippen LogP contribution in [-0.4, -0.2) is 67.0 Å². The number of nitrogens with zero attached hydrogens (tertiary/aromatic N) is 1. The van der Waals surface area contributed by atoms with Crippen LogP contribution in [0.2, 0.25) is 0 Å². The average Bonchev–Trinajstić information content (AvgIpc) is 3.58. The van der Waals surface area contributed by atoms with Crippen molar-refractivity contribution in [3.8, 4) is 0 Å². The van der Waals surface area contributed by atoms with Crippen LogP contribution in [0.15, 0.2) is 102 Å². The number of amides is 1. The fourth-order valence-corrected chi connectivity index (χ4v) is 9.34. The fourth-order valence-electron chi connectivity index (χ4n) is 6.48. The van der Waals surface area contributed by atoms with Crippen molar-refractivity contribution in [2.75, 3.05) is 20.3 Å². The fraction of sp³-hybridized carbons (Fsp3) is 0.368. The lowest BCUT2D eigenvalue weighted by atomic mass is 9.81. The van der Waals surface area contributed by atoms with Gasteiger partial charge >= 0.3 is 6.09 Å². The number of Topliss-reactive ketones (excluding diaryl/α,β-unsaturated/α-hetero) is 1. The largest absolute Gasteiger partial charge is 0.453 e. The van der Waals surface area contributed by atoms with Crippen LogP contribution in [-0.2, 0) is 26.0 Å². The number of carbonyl (C=O) groups is 2. The lowest BCUT2D eigenvalue weighted by Gasteiger charge is -2.39. The molecule has 5 rings (SSSR count). The molecule has 1 fully saturated rings. The van der Waals surface area contributed by atoms with Crippen LogP contribution in [0.5, 0.6) is 0 Å². The summed E-state index contributed by atoms with van der Waals surface area (Å²) in [5.74, 6) is -4.22. The van der Waals surface area contributed by atoms with E-state index in [2.05, 4.69) is 5.32 Å². The van der Waals surface area contributed by atoms with Gasteiger partial charge in [0, 0.05) is 41.5 Å². The zero-order valence-electron chi connectivity index (χ0n) is 28.3. The highest BCUT2D eigenvalue weighted by Gasteiger charge is 2.48. The Labute approximate surface area is 301 Å². The predicted octanol–water partition coefficient (Wildman–Crippen LogP) is 6.63. The molecule has 1 saturated carbocycles. The Balaban J connectivity index is 1.39. The molecule has 1 aliphatic rings. The number of carbonyl (C=O) groups excluding carboxylic acids is 2. The Hall–Kier alpha value is -4.01. The van der Waals surface area contributed by atoms with Gasteiger partial charge in [0.15, 0.2) is 5.78 Å². The van der Waals surface area contributed by atoms with Gasteiger partial charge in [-0.3, -0.25) is 4.79 Å². The predicted molar refractivity (Wildman–Crippen MR) is 190 cm³/mol. The first kappa shape index (κ1) is 38.2. The highest BCUT2D eigenvalue weighted by atomic mass is 32.2. The van der Waals surface area contributed by atoms with Crippen molar-refractivity contribution in [3.63, 3.8) is 0 Å². The number of aliphatic hydroxyl groups is 2. The highest BCUT2D eigenvalue weighted by Crippen LogP contribution is 2.45. The number of hydrogen-bond acceptors (Lipinski definition) is 8. The topological polar surface area (TPSA) is 133 Å². The summed E-state index contributed by atoms with van der Waals surface area (Å²) in [5.41, 5.74) is 2.17. The number of aryl methyl sites for hydroxylation is 1. The third-order valence-electron chi connectivity index (χ3n) is 9.19. The van der Waals surface area contributed by atoms with Gasteiger partial charge < -0.3 is 20.3 Å². The van der Waals surface area contributed by atoms with Crippen LogP contribution >= 0.6 is 11.3 Å². The number of ether oxygens (including phenoxy) is 1. The molecular formula is C38H42F2N2O7S2. The van der Waals surface area contributed by atoms with Crippen molar-refractivity contribution in [2.45, 2.75) is 67.5 Å². The summed E-state index contributed by atoms with van der Waals surface area (Å²) >= 11 is 1.23. The Bertz CT molecular complexity index is 1820. The summed E-state index contributed by atoms with van der Waals surface area (Å²) in [6.07, 6.45) is -2.18. The molecule has 1 aliphatic carbocycles. The zero-order valence-corrected chi connectivity index (χ0v) is 30.0. The van der Waals surface area contributed by atoms with E-state index in [0.717, 1.165) is 20.3 Å². The van der Waals surface area contributed by atoms with E-state index in [1.807, 2.05) is 60.7 Å². The molecule has 0 spiro atoms. The van der Waals surface area contributed by atoms with Gasteiger partial charge in [-0.05, 0) is 60.2 Å². The lowest BCUT2D eigenvalue weighted by Crippen LogP contribution is -2.46. The summed E-state index contributed by atoms with van der Waals surface area (Å²) in [6.45, 7) is 0.735. The van der Waals surface area contributed by atoms with Crippen molar-refractivity contribution in [3.05, 3.63) is 124 Å². The third kappa shape index (κ3) is 9.27. The van der Waals surface area contributed by atoms with Gasteiger partial charge in [-0.1, -0.05) is 72.8 Å². The molecule has 1 aromatic heterocycles. The molecule has 1 heterocycles. The third-order valence-corrected chi connectivity index (χ3v) is 12.3. The van der Waals surface area contributed by atoms with E-state index in [4.69, 9.17) is 4.74 Å². The maximum atomic E-state index is 14.0. The van der Waals surface area contributed by atoms with Gasteiger partial charge in [0.1, 0.15) is 6.04 Å². The Morgan fingerprint density at radius 2 is 1.53 bits per heavy atom. The first-order valence-corrected chi connectivity index (χ1v) is 18.9. The van der Waals surface area contributed by atoms with E-state index < -0.39 is 71.5 Å². The maximum Gasteiger partial charge on any atom is 0.407 e. The van der Waals surface area contributed by atoms with Gasteiger partial charge in [0.05, 0.1) is 30.8 Å². The van der Waals surface area contributed by atoms with Crippen molar-refractivity contribution < 1.29 is 41.7 Å². The van der Waals surface area contributed by atoms with E-state index in [-0.39, 0.29) is 30.1 Å². The minimum atomic E-state index is -4.27. The molecule has 4 aromatic rings. The van der Waals surface area contributed by atoms with E-state index in [1.54, 1.807) is 19.1 Å². The van der Waals surface area contributed by atoms with Crippen LogP contribution in [0.1, 0.15) is 70.7 Å². The number of benzene rings is 3. The maximum absolute atomic E-state index is 14.0. The molecule has 3 atom stereocenters. The van der Waals surface area contributed by atoms with Crippen molar-refractivity contribution >= 4 is 33.2 Å². The van der Waals surface area contributed by atoms with Crippen molar-refractivity contribution in [1.29, 1.82) is 0 Å². The number of halogens is 2. The number of alkyl halides is 2. The van der Waals surface area contributed by atoms with E-state index in [9.17, 15) is 37.0 Å². The minimum absolute atomic E-state index is 0.0311. The molecule has 3 aromatic carbocycles. The molecule has 3 N–H and O–H groups in total. The molecule has 51 heavy (non-hydrogen) atoms. The minimum Gasteiger partial charge on any atom is -0.453 e. The van der Waals surface area contributed by atoms with Gasteiger partial charge in [0.25, 0.3) is 0 Å². The lowest BCUT2D eigenvalue weighted by molar-refractivity contribution is -0.121. The number of ketones is 1. The van der Waals surface area contributed by atoms with E-state index in [0.29, 0.717) is 10.4 Å². The van der Waals surface area contributed by atoms with E-state index >= 15 is 0 Å². The second-order valence-corrected chi connectivity index (χ2v) is 15.9. The van der Waals surface area contributed by atoms with Crippen LogP contribution in [0.25, 0.3) is 0 Å². The zero-order chi connectivity index (χ0) is 36.8. The molecule has 272 valence electrons. The number of aliphatic hydroxyl groups excluding tert-OH is 2. The normalized spacial score (nSPS) is 16.3. The number of thiophene rings is 1. The van der Waals surface area contributed by atoms with Crippen LogP contribution < -0.4 is 5.32 Å². The SMILES string of the molecule is COC(=O)N[C@H](C(=O)CCc1ccc([C@@H](CO)N(CC2CC(F)(F)C2)S(=O)(=O)c2ccc(C(C)O)cc2)s1)C(c1ccccc1)c1ccccc1. The first-order chi connectivity index (χ1) is 24.3. The molecule has 0 bridgehead atoms. The van der Waals surface area contributed by atoms with Gasteiger partial charge in [0.2, 0.25) is 15.9 Å². The Morgan fingerprint density at radius 1 is 0.941 bits per heavy atom. The molecule has 0 aliphatic heterocycles. The molecular weight excluding hydrogens is 699 g/mol. The molecule has 0 radical (unpaired) electrons. The summed E-state index contributed by atoms with van der Waals surface area (Å²) in [7, 11) is -3.04. The standard InChI is InChI=1S/C38H42F2N2O7S2/c1-25(44)27-13-17-31(18-14-27)51(47,48)42(23-26-21-38(39,40)22-26)32(24-43)34-20-16-30(50-34)15-19-33(45)36(41-37(46)49-2)35(28-9-5-3-6-10-28)29-11-7-4-8-12-29/h3-14,16-18,20,25-26,32,35-36,43-44H,15,19,21-24H2,1-2H3,(H,41,46)/t25?,32-,36-/m1/s1. The Kier molecular flexibility index (Phi) is 12.4. The van der Waals surface area contributed by atoms with Crippen molar-refractivity contribution in [1.82, 2.24) is 9.62 Å². The monoisotopic (exact) mass is 740 g/mol. The number of alkyl carbamates (subject to hydrolysis) is 1. The molecule has 1 amide bonds. The molecule has 9 nitrogen and oxygen atoms in total. The van der Waals surface area contributed by atoms with Gasteiger partial charge in [-0.25, -0.2) is 22.0 Å². The van der Waals surface area contributed by atoms with Crippen molar-refractivity contribution in [2.24, 2.45) is 5.92 Å². The second kappa shape index (κ2) is 16.6. The molecule has 13 heteroatoms. The smallest absolute Gasteiger partial charge is 0.407 e. The molecule has 1 unspecified atom stereocenters. The summed E-state index contributed by atoms with van der Waals surface area (Å²) in [6, 6.07) is 25.8. The first-order valence-electron chi connectivity index (χ1n) is 16.7.